The molecule has 0 aliphatic heterocycles. The summed E-state index contributed by atoms with van der Waals surface area (Å²) < 4.78 is 0. The summed E-state index contributed by atoms with van der Waals surface area (Å²) in [5.74, 6) is -0.443. The number of nitrogens with zero attached hydrogens (tertiary/aromatic N) is 2. The van der Waals surface area contributed by atoms with E-state index in [2.05, 4.69) is 10.3 Å². The highest BCUT2D eigenvalue weighted by Crippen LogP contribution is 2.16. The molecule has 5 nitrogen and oxygen atoms in total. The van der Waals surface area contributed by atoms with Crippen LogP contribution < -0.4 is 5.32 Å². The Bertz CT molecular complexity index is 618. The molecular formula is C14H15N3O2. The Morgan fingerprint density at radius 3 is 2.68 bits per heavy atom. The normalized spacial score (nSPS) is 10.2. The van der Waals surface area contributed by atoms with Crippen LogP contribution in [0.15, 0.2) is 36.7 Å². The van der Waals surface area contributed by atoms with Crippen molar-refractivity contribution in [1.29, 1.82) is 0 Å². The zero-order valence-corrected chi connectivity index (χ0v) is 10.9. The Labute approximate surface area is 111 Å². The summed E-state index contributed by atoms with van der Waals surface area (Å²) in [6.45, 7) is -0.0188. The molecule has 0 radical (unpaired) electrons. The van der Waals surface area contributed by atoms with Crippen LogP contribution in [0.1, 0.15) is 10.4 Å². The molecule has 0 aliphatic carbocycles. The van der Waals surface area contributed by atoms with Gasteiger partial charge in [-0.25, -0.2) is 0 Å². The number of hydrogen-bond acceptors (Lipinski definition) is 3. The van der Waals surface area contributed by atoms with E-state index in [9.17, 15) is 9.59 Å². The maximum atomic E-state index is 12.1. The van der Waals surface area contributed by atoms with Crippen molar-refractivity contribution in [3.05, 3.63) is 42.2 Å². The summed E-state index contributed by atoms with van der Waals surface area (Å²) >= 11 is 0. The Kier molecular flexibility index (Phi) is 3.75. The van der Waals surface area contributed by atoms with Crippen LogP contribution in [-0.2, 0) is 4.79 Å². The van der Waals surface area contributed by atoms with Gasteiger partial charge in [0.1, 0.15) is 0 Å². The number of nitrogens with one attached hydrogen (secondary N) is 1. The minimum atomic E-state index is -0.292. The lowest BCUT2D eigenvalue weighted by molar-refractivity contribution is -0.127. The molecule has 0 fully saturated rings. The number of fused-ring (bicyclic) bond motifs is 1. The van der Waals surface area contributed by atoms with Crippen molar-refractivity contribution < 1.29 is 9.59 Å². The zero-order chi connectivity index (χ0) is 13.8. The van der Waals surface area contributed by atoms with Crippen LogP contribution >= 0.6 is 0 Å². The third kappa shape index (κ3) is 2.88. The van der Waals surface area contributed by atoms with Gasteiger partial charge >= 0.3 is 0 Å². The number of carbonyl (C=O) groups is 2. The summed E-state index contributed by atoms with van der Waals surface area (Å²) in [5, 5.41) is 4.33. The first-order valence-electron chi connectivity index (χ1n) is 5.90. The average Bonchev–Trinajstić information content (AvgIpc) is 2.43. The Morgan fingerprint density at radius 1 is 1.21 bits per heavy atom. The van der Waals surface area contributed by atoms with Gasteiger partial charge in [-0.15, -0.1) is 0 Å². The molecule has 0 bridgehead atoms. The van der Waals surface area contributed by atoms with E-state index in [1.807, 2.05) is 24.3 Å². The molecular weight excluding hydrogens is 242 g/mol. The number of amides is 2. The quantitative estimate of drug-likeness (QED) is 0.894. The Morgan fingerprint density at radius 2 is 1.95 bits per heavy atom. The lowest BCUT2D eigenvalue weighted by atomic mass is 10.1. The minimum absolute atomic E-state index is 0.0188. The lowest BCUT2D eigenvalue weighted by Crippen LogP contribution is -2.36. The number of benzene rings is 1. The van der Waals surface area contributed by atoms with Gasteiger partial charge < -0.3 is 10.2 Å². The fraction of sp³-hybridized carbons (Fsp3) is 0.214. The topological polar surface area (TPSA) is 62.3 Å². The van der Waals surface area contributed by atoms with Gasteiger partial charge in [-0.1, -0.05) is 24.3 Å². The maximum absolute atomic E-state index is 12.1. The molecule has 98 valence electrons. The highest BCUT2D eigenvalue weighted by atomic mass is 16.2. The van der Waals surface area contributed by atoms with Gasteiger partial charge in [0.15, 0.2) is 0 Å². The van der Waals surface area contributed by atoms with E-state index in [1.54, 1.807) is 20.3 Å². The summed E-state index contributed by atoms with van der Waals surface area (Å²) in [5.41, 5.74) is 0.477. The van der Waals surface area contributed by atoms with Gasteiger partial charge in [0, 0.05) is 31.9 Å². The SMILES string of the molecule is CN(C)C(=O)CNC(=O)c1cncc2ccccc12. The molecule has 0 saturated carbocycles. The first-order chi connectivity index (χ1) is 9.09. The van der Waals surface area contributed by atoms with E-state index in [0.717, 1.165) is 10.8 Å². The summed E-state index contributed by atoms with van der Waals surface area (Å²) in [4.78, 5) is 29.0. The molecule has 1 aromatic carbocycles. The molecule has 0 saturated heterocycles. The molecule has 0 unspecified atom stereocenters. The highest BCUT2D eigenvalue weighted by molar-refractivity contribution is 6.07. The molecule has 1 heterocycles. The molecule has 2 aromatic rings. The predicted molar refractivity (Wildman–Crippen MR) is 72.8 cm³/mol. The van der Waals surface area contributed by atoms with E-state index >= 15 is 0 Å². The van der Waals surface area contributed by atoms with Gasteiger partial charge in [0.25, 0.3) is 5.91 Å². The second kappa shape index (κ2) is 5.48. The van der Waals surface area contributed by atoms with E-state index in [0.29, 0.717) is 5.56 Å². The molecule has 1 aromatic heterocycles. The van der Waals surface area contributed by atoms with Crippen molar-refractivity contribution >= 4 is 22.6 Å². The molecule has 1 N–H and O–H groups in total. The third-order valence-electron chi connectivity index (χ3n) is 2.81. The number of carbonyl (C=O) groups excluding carboxylic acids is 2. The van der Waals surface area contributed by atoms with Crippen LogP contribution in [0.5, 0.6) is 0 Å². The summed E-state index contributed by atoms with van der Waals surface area (Å²) in [7, 11) is 3.29. The second-order valence-corrected chi connectivity index (χ2v) is 4.38. The van der Waals surface area contributed by atoms with E-state index in [1.165, 1.54) is 11.1 Å². The van der Waals surface area contributed by atoms with Crippen molar-refractivity contribution in [3.63, 3.8) is 0 Å². The number of aromatic nitrogens is 1. The van der Waals surface area contributed by atoms with Gasteiger partial charge in [0.2, 0.25) is 5.91 Å². The van der Waals surface area contributed by atoms with E-state index in [-0.39, 0.29) is 18.4 Å². The van der Waals surface area contributed by atoms with Gasteiger partial charge in [-0.2, -0.15) is 0 Å². The molecule has 2 amide bonds. The second-order valence-electron chi connectivity index (χ2n) is 4.38. The number of pyridine rings is 1. The predicted octanol–water partition coefficient (Wildman–Crippen LogP) is 1.05. The van der Waals surface area contributed by atoms with Gasteiger partial charge in [0.05, 0.1) is 12.1 Å². The highest BCUT2D eigenvalue weighted by Gasteiger charge is 2.12. The molecule has 0 aliphatic rings. The first kappa shape index (κ1) is 13.0. The molecule has 0 spiro atoms. The van der Waals surface area contributed by atoms with Gasteiger partial charge in [-0.3, -0.25) is 14.6 Å². The summed E-state index contributed by atoms with van der Waals surface area (Å²) in [6.07, 6.45) is 3.22. The Hall–Kier alpha value is -2.43. The number of rotatable bonds is 3. The van der Waals surface area contributed by atoms with Crippen molar-refractivity contribution in [2.45, 2.75) is 0 Å². The Balaban J connectivity index is 2.20. The largest absolute Gasteiger partial charge is 0.347 e. The molecule has 5 heteroatoms. The van der Waals surface area contributed by atoms with Crippen LogP contribution in [0.3, 0.4) is 0 Å². The van der Waals surface area contributed by atoms with Crippen molar-refractivity contribution in [2.75, 3.05) is 20.6 Å². The van der Waals surface area contributed by atoms with Crippen LogP contribution in [0, 0.1) is 0 Å². The third-order valence-corrected chi connectivity index (χ3v) is 2.81. The fourth-order valence-corrected chi connectivity index (χ4v) is 1.71. The standard InChI is InChI=1S/C14H15N3O2/c1-17(2)13(18)9-16-14(19)12-8-15-7-10-5-3-4-6-11(10)12/h3-8H,9H2,1-2H3,(H,16,19). The van der Waals surface area contributed by atoms with Crippen LogP contribution in [-0.4, -0.2) is 42.3 Å². The fourth-order valence-electron chi connectivity index (χ4n) is 1.71. The van der Waals surface area contributed by atoms with Crippen molar-refractivity contribution in [2.24, 2.45) is 0 Å². The maximum Gasteiger partial charge on any atom is 0.253 e. The van der Waals surface area contributed by atoms with Crippen LogP contribution in [0.25, 0.3) is 10.8 Å². The van der Waals surface area contributed by atoms with E-state index in [4.69, 9.17) is 0 Å². The van der Waals surface area contributed by atoms with Crippen molar-refractivity contribution in [3.8, 4) is 0 Å². The summed E-state index contributed by atoms with van der Waals surface area (Å²) in [6, 6.07) is 7.51. The monoisotopic (exact) mass is 257 g/mol. The van der Waals surface area contributed by atoms with Crippen LogP contribution in [0.4, 0.5) is 0 Å². The first-order valence-corrected chi connectivity index (χ1v) is 5.90. The van der Waals surface area contributed by atoms with Gasteiger partial charge in [-0.05, 0) is 5.39 Å². The molecule has 2 rings (SSSR count). The lowest BCUT2D eigenvalue weighted by Gasteiger charge is -2.11. The molecule has 19 heavy (non-hydrogen) atoms. The van der Waals surface area contributed by atoms with Crippen molar-refractivity contribution in [1.82, 2.24) is 15.2 Å². The minimum Gasteiger partial charge on any atom is -0.347 e. The smallest absolute Gasteiger partial charge is 0.253 e. The number of likely N-dealkylation sites (N-methyl/N-ethyl adjacent to an activating group) is 1. The average molecular weight is 257 g/mol. The molecule has 0 atom stereocenters. The van der Waals surface area contributed by atoms with E-state index < -0.39 is 0 Å². The number of hydrogen-bond donors (Lipinski definition) is 1. The zero-order valence-electron chi connectivity index (χ0n) is 10.9. The van der Waals surface area contributed by atoms with Crippen LogP contribution in [0.2, 0.25) is 0 Å².